The molecule has 1 fully saturated rings. The van der Waals surface area contributed by atoms with Crippen LogP contribution in [0.1, 0.15) is 45.4 Å². The first-order chi connectivity index (χ1) is 7.77. The average Bonchev–Trinajstić information content (AvgIpc) is 2.30. The summed E-state index contributed by atoms with van der Waals surface area (Å²) < 4.78 is 15.7. The molecule has 1 unspecified atom stereocenters. The summed E-state index contributed by atoms with van der Waals surface area (Å²) in [5.41, 5.74) is 0. The van der Waals surface area contributed by atoms with Crippen molar-refractivity contribution < 1.29 is 14.1 Å². The Labute approximate surface area is 99.1 Å². The Morgan fingerprint density at radius 1 is 1.38 bits per heavy atom. The molecule has 1 saturated carbocycles. The van der Waals surface area contributed by atoms with E-state index in [1.165, 1.54) is 32.1 Å². The van der Waals surface area contributed by atoms with Crippen LogP contribution >= 0.6 is 8.46 Å². The zero-order chi connectivity index (χ0) is 11.8. The molecular weight excluding hydrogens is 223 g/mol. The highest BCUT2D eigenvalue weighted by atomic mass is 31.1. The van der Waals surface area contributed by atoms with Crippen LogP contribution in [0, 0.1) is 11.8 Å². The van der Waals surface area contributed by atoms with E-state index in [0.717, 1.165) is 6.42 Å². The van der Waals surface area contributed by atoms with E-state index in [1.54, 1.807) is 0 Å². The van der Waals surface area contributed by atoms with Crippen molar-refractivity contribution in [3.8, 4) is 0 Å². The van der Waals surface area contributed by atoms with Gasteiger partial charge in [-0.25, -0.2) is 0 Å². The third-order valence-corrected chi connectivity index (χ3v) is 3.85. The second-order valence-electron chi connectivity index (χ2n) is 4.50. The Morgan fingerprint density at radius 2 is 2.06 bits per heavy atom. The first-order valence-corrected chi connectivity index (χ1v) is 7.23. The maximum atomic E-state index is 11.6. The molecule has 0 N–H and O–H groups in total. The maximum Gasteiger partial charge on any atom is 0.309 e. The summed E-state index contributed by atoms with van der Waals surface area (Å²) in [6.07, 6.45) is 7.56. The van der Waals surface area contributed by atoms with Crippen molar-refractivity contribution in [1.82, 2.24) is 0 Å². The third kappa shape index (κ3) is 4.61. The van der Waals surface area contributed by atoms with E-state index >= 15 is 0 Å². The molecular formula is C12H21O3P. The summed E-state index contributed by atoms with van der Waals surface area (Å²) in [5.74, 6) is 0.295. The smallest absolute Gasteiger partial charge is 0.309 e. The Balaban J connectivity index is 2.42. The number of carbonyl (C=O) groups is 1. The molecule has 0 radical (unpaired) electrons. The predicted octanol–water partition coefficient (Wildman–Crippen LogP) is 3.43. The van der Waals surface area contributed by atoms with Gasteiger partial charge in [0.2, 0.25) is 0 Å². The molecule has 92 valence electrons. The molecule has 1 aliphatic carbocycles. The summed E-state index contributed by atoms with van der Waals surface area (Å²) in [6.45, 7) is 2.22. The van der Waals surface area contributed by atoms with Gasteiger partial charge in [0.05, 0.1) is 12.5 Å². The number of rotatable bonds is 6. The number of esters is 1. The average molecular weight is 244 g/mol. The van der Waals surface area contributed by atoms with E-state index in [1.807, 2.05) is 6.92 Å². The van der Waals surface area contributed by atoms with Gasteiger partial charge in [-0.05, 0) is 19.3 Å². The van der Waals surface area contributed by atoms with Gasteiger partial charge in [0.25, 0.3) is 0 Å². The molecule has 0 spiro atoms. The van der Waals surface area contributed by atoms with Crippen LogP contribution in [-0.4, -0.2) is 18.7 Å². The minimum atomic E-state index is -0.170. The molecule has 0 aromatic carbocycles. The molecule has 3 nitrogen and oxygen atoms in total. The Kier molecular flexibility index (Phi) is 6.63. The summed E-state index contributed by atoms with van der Waals surface area (Å²) >= 11 is 0. The van der Waals surface area contributed by atoms with Crippen LogP contribution in [0.25, 0.3) is 0 Å². The van der Waals surface area contributed by atoms with Crippen molar-refractivity contribution in [3.63, 3.8) is 0 Å². The van der Waals surface area contributed by atoms with Crippen LogP contribution in [0.2, 0.25) is 0 Å². The van der Waals surface area contributed by atoms with Gasteiger partial charge in [0.15, 0.2) is 8.46 Å². The Hall–Kier alpha value is -0.430. The topological polar surface area (TPSA) is 43.4 Å². The van der Waals surface area contributed by atoms with Gasteiger partial charge >= 0.3 is 5.97 Å². The van der Waals surface area contributed by atoms with E-state index in [0.29, 0.717) is 18.7 Å². The summed E-state index contributed by atoms with van der Waals surface area (Å²) in [5, 5.41) is 0. The van der Waals surface area contributed by atoms with Gasteiger partial charge in [-0.15, -0.1) is 0 Å². The zero-order valence-electron chi connectivity index (χ0n) is 9.98. The molecule has 0 heterocycles. The minimum absolute atomic E-state index is 0.0536. The predicted molar refractivity (Wildman–Crippen MR) is 63.8 cm³/mol. The SMILES string of the molecule is CCOC(=O)C(CP=O)CC1CCCCC1. The van der Waals surface area contributed by atoms with Crippen molar-refractivity contribution in [2.45, 2.75) is 45.4 Å². The molecule has 0 saturated heterocycles. The van der Waals surface area contributed by atoms with Crippen molar-refractivity contribution >= 4 is 14.4 Å². The van der Waals surface area contributed by atoms with Gasteiger partial charge in [-0.1, -0.05) is 32.1 Å². The van der Waals surface area contributed by atoms with Crippen LogP contribution in [0.15, 0.2) is 0 Å². The van der Waals surface area contributed by atoms with E-state index in [-0.39, 0.29) is 20.3 Å². The van der Waals surface area contributed by atoms with Crippen LogP contribution in [0.4, 0.5) is 0 Å². The summed E-state index contributed by atoms with van der Waals surface area (Å²) in [7, 11) is 0.0536. The summed E-state index contributed by atoms with van der Waals surface area (Å²) in [4.78, 5) is 11.6. The first-order valence-electron chi connectivity index (χ1n) is 6.23. The fourth-order valence-electron chi connectivity index (χ4n) is 2.42. The van der Waals surface area contributed by atoms with Crippen LogP contribution < -0.4 is 0 Å². The number of ether oxygens (including phenoxy) is 1. The fraction of sp³-hybridized carbons (Fsp3) is 0.917. The number of carbonyl (C=O) groups excluding carboxylic acids is 1. The first kappa shape index (κ1) is 13.6. The van der Waals surface area contributed by atoms with Crippen LogP contribution in [0.5, 0.6) is 0 Å². The lowest BCUT2D eigenvalue weighted by Crippen LogP contribution is -2.23. The quantitative estimate of drug-likeness (QED) is 0.531. The van der Waals surface area contributed by atoms with Gasteiger partial charge in [0, 0.05) is 6.16 Å². The molecule has 1 aliphatic rings. The second kappa shape index (κ2) is 7.78. The van der Waals surface area contributed by atoms with E-state index in [2.05, 4.69) is 0 Å². The van der Waals surface area contributed by atoms with E-state index < -0.39 is 0 Å². The number of hydrogen-bond acceptors (Lipinski definition) is 3. The lowest BCUT2D eigenvalue weighted by Gasteiger charge is -2.24. The lowest BCUT2D eigenvalue weighted by atomic mass is 9.83. The highest BCUT2D eigenvalue weighted by Gasteiger charge is 2.25. The van der Waals surface area contributed by atoms with Crippen molar-refractivity contribution in [2.24, 2.45) is 11.8 Å². The molecule has 4 heteroatoms. The monoisotopic (exact) mass is 244 g/mol. The van der Waals surface area contributed by atoms with Gasteiger partial charge in [-0.3, -0.25) is 9.36 Å². The van der Waals surface area contributed by atoms with Gasteiger partial charge < -0.3 is 4.74 Å². The second-order valence-corrected chi connectivity index (χ2v) is 5.12. The highest BCUT2D eigenvalue weighted by molar-refractivity contribution is 7.23. The molecule has 0 amide bonds. The Bertz CT molecular complexity index is 224. The van der Waals surface area contributed by atoms with Gasteiger partial charge in [0.1, 0.15) is 0 Å². The normalized spacial score (nSPS) is 19.6. The zero-order valence-corrected chi connectivity index (χ0v) is 10.9. The standard InChI is InChI=1S/C12H21O3P/c1-2-15-12(13)11(9-16-14)8-10-6-4-3-5-7-10/h10-11H,2-9H2,1H3. The van der Waals surface area contributed by atoms with Crippen molar-refractivity contribution in [3.05, 3.63) is 0 Å². The van der Waals surface area contributed by atoms with E-state index in [9.17, 15) is 9.36 Å². The highest BCUT2D eigenvalue weighted by Crippen LogP contribution is 2.30. The molecule has 1 rings (SSSR count). The van der Waals surface area contributed by atoms with Gasteiger partial charge in [-0.2, -0.15) is 0 Å². The van der Waals surface area contributed by atoms with Crippen molar-refractivity contribution in [1.29, 1.82) is 0 Å². The molecule has 16 heavy (non-hydrogen) atoms. The minimum Gasteiger partial charge on any atom is -0.466 e. The van der Waals surface area contributed by atoms with E-state index in [4.69, 9.17) is 4.74 Å². The fourth-order valence-corrected chi connectivity index (χ4v) is 2.90. The third-order valence-electron chi connectivity index (χ3n) is 3.26. The van der Waals surface area contributed by atoms with Crippen molar-refractivity contribution in [2.75, 3.05) is 12.8 Å². The largest absolute Gasteiger partial charge is 0.466 e. The Morgan fingerprint density at radius 3 is 2.62 bits per heavy atom. The molecule has 0 aromatic rings. The summed E-state index contributed by atoms with van der Waals surface area (Å²) in [6, 6.07) is 0. The molecule has 0 aromatic heterocycles. The molecule has 0 aliphatic heterocycles. The maximum absolute atomic E-state index is 11.6. The number of hydrogen-bond donors (Lipinski definition) is 0. The lowest BCUT2D eigenvalue weighted by molar-refractivity contribution is -0.147. The molecule has 1 atom stereocenters. The van der Waals surface area contributed by atoms with Crippen LogP contribution in [-0.2, 0) is 14.1 Å². The molecule has 0 bridgehead atoms. The van der Waals surface area contributed by atoms with Crippen LogP contribution in [0.3, 0.4) is 0 Å².